The van der Waals surface area contributed by atoms with Gasteiger partial charge in [0, 0.05) is 0 Å². The Hall–Kier alpha value is -0.820. The lowest BCUT2D eigenvalue weighted by Crippen LogP contribution is -2.26. The van der Waals surface area contributed by atoms with Crippen molar-refractivity contribution in [1.82, 2.24) is 0 Å². The zero-order valence-corrected chi connectivity index (χ0v) is 14.8. The van der Waals surface area contributed by atoms with E-state index in [9.17, 15) is 5.11 Å². The van der Waals surface area contributed by atoms with Crippen LogP contribution in [0.15, 0.2) is 34.4 Å². The summed E-state index contributed by atoms with van der Waals surface area (Å²) in [5, 5.41) is 9.69. The molecule has 0 heterocycles. The van der Waals surface area contributed by atoms with E-state index in [2.05, 4.69) is 46.8 Å². The van der Waals surface area contributed by atoms with Gasteiger partial charge >= 0.3 is 0 Å². The average Bonchev–Trinajstić information content (AvgIpc) is 2.38. The molecule has 0 fully saturated rings. The van der Waals surface area contributed by atoms with Gasteiger partial charge in [0.25, 0.3) is 0 Å². The molecule has 1 aliphatic carbocycles. The zero-order chi connectivity index (χ0) is 15.9. The van der Waals surface area contributed by atoms with Gasteiger partial charge in [-0.25, -0.2) is 0 Å². The summed E-state index contributed by atoms with van der Waals surface area (Å²) in [6.07, 6.45) is 13.0. The van der Waals surface area contributed by atoms with Gasteiger partial charge in [-0.3, -0.25) is 0 Å². The fourth-order valence-electron chi connectivity index (χ4n) is 3.49. The van der Waals surface area contributed by atoms with E-state index in [4.69, 9.17) is 0 Å². The summed E-state index contributed by atoms with van der Waals surface area (Å²) < 4.78 is 0. The Balaban J connectivity index is 2.53. The van der Waals surface area contributed by atoms with Crippen LogP contribution in [0.4, 0.5) is 0 Å². The van der Waals surface area contributed by atoms with E-state index in [-0.39, 0.29) is 12.0 Å². The van der Waals surface area contributed by atoms with Crippen LogP contribution in [0.2, 0.25) is 0 Å². The van der Waals surface area contributed by atoms with Crippen molar-refractivity contribution in [2.75, 3.05) is 6.61 Å². The van der Waals surface area contributed by atoms with Crippen LogP contribution >= 0.6 is 0 Å². The Bertz CT molecular complexity index is 421. The van der Waals surface area contributed by atoms with Crippen LogP contribution in [-0.4, -0.2) is 11.7 Å². The van der Waals surface area contributed by atoms with Crippen molar-refractivity contribution >= 4 is 0 Å². The Labute approximate surface area is 131 Å². The highest BCUT2D eigenvalue weighted by atomic mass is 16.3. The van der Waals surface area contributed by atoms with E-state index >= 15 is 0 Å². The highest BCUT2D eigenvalue weighted by Gasteiger charge is 2.31. The fourth-order valence-corrected chi connectivity index (χ4v) is 3.49. The zero-order valence-electron chi connectivity index (χ0n) is 14.8. The molecule has 1 rings (SSSR count). The molecule has 0 aromatic heterocycles. The molecular weight excluding hydrogens is 256 g/mol. The maximum atomic E-state index is 9.69. The van der Waals surface area contributed by atoms with Gasteiger partial charge in [0.2, 0.25) is 0 Å². The number of rotatable bonds is 7. The summed E-state index contributed by atoms with van der Waals surface area (Å²) in [6.45, 7) is 11.3. The topological polar surface area (TPSA) is 20.2 Å². The van der Waals surface area contributed by atoms with E-state index < -0.39 is 0 Å². The van der Waals surface area contributed by atoms with Crippen LogP contribution in [0.25, 0.3) is 0 Å². The lowest BCUT2D eigenvalue weighted by Gasteiger charge is -2.37. The van der Waals surface area contributed by atoms with Crippen LogP contribution in [-0.2, 0) is 0 Å². The molecule has 1 unspecified atom stereocenters. The predicted molar refractivity (Wildman–Crippen MR) is 93.4 cm³/mol. The summed E-state index contributed by atoms with van der Waals surface area (Å²) in [5.74, 6) is 0. The number of hydrogen-bond donors (Lipinski definition) is 1. The first-order valence-corrected chi connectivity index (χ1v) is 8.48. The second-order valence-corrected chi connectivity index (χ2v) is 7.24. The second kappa shape index (κ2) is 8.58. The average molecular weight is 290 g/mol. The second-order valence-electron chi connectivity index (χ2n) is 7.24. The molecule has 1 nitrogen and oxygen atoms in total. The summed E-state index contributed by atoms with van der Waals surface area (Å²) in [6, 6.07) is 0. The van der Waals surface area contributed by atoms with E-state index in [1.54, 1.807) is 0 Å². The Morgan fingerprint density at radius 2 is 1.90 bits per heavy atom. The van der Waals surface area contributed by atoms with Crippen molar-refractivity contribution in [1.29, 1.82) is 0 Å². The minimum absolute atomic E-state index is 0.216. The Morgan fingerprint density at radius 1 is 1.19 bits per heavy atom. The Morgan fingerprint density at radius 3 is 2.52 bits per heavy atom. The third-order valence-electron chi connectivity index (χ3n) is 4.96. The summed E-state index contributed by atoms with van der Waals surface area (Å²) in [4.78, 5) is 0. The monoisotopic (exact) mass is 290 g/mol. The third kappa shape index (κ3) is 5.82. The van der Waals surface area contributed by atoms with E-state index in [0.29, 0.717) is 0 Å². The third-order valence-corrected chi connectivity index (χ3v) is 4.96. The van der Waals surface area contributed by atoms with Gasteiger partial charge in [0.05, 0.1) is 6.61 Å². The van der Waals surface area contributed by atoms with Crippen LogP contribution < -0.4 is 0 Å². The fraction of sp³-hybridized carbons (Fsp3) is 0.700. The normalized spacial score (nSPS) is 23.4. The molecule has 0 saturated carbocycles. The van der Waals surface area contributed by atoms with Crippen molar-refractivity contribution in [3.05, 3.63) is 34.4 Å². The predicted octanol–water partition coefficient (Wildman–Crippen LogP) is 5.96. The highest BCUT2D eigenvalue weighted by Crippen LogP contribution is 2.43. The molecule has 1 N–H and O–H groups in total. The van der Waals surface area contributed by atoms with Gasteiger partial charge in [0.15, 0.2) is 0 Å². The van der Waals surface area contributed by atoms with E-state index in [1.165, 1.54) is 54.4 Å². The lowest BCUT2D eigenvalue weighted by atomic mass is 9.69. The molecule has 0 aliphatic heterocycles. The van der Waals surface area contributed by atoms with Crippen molar-refractivity contribution < 1.29 is 5.11 Å². The van der Waals surface area contributed by atoms with Crippen LogP contribution in [0, 0.1) is 5.41 Å². The standard InChI is InChI=1S/C20H34O/c1-16(2)9-6-10-17(3)11-7-13-20(5)14-8-12-18(4)19(20)15-21/h9,11,21H,6-8,10,12-15H2,1-5H3/b17-11+. The maximum absolute atomic E-state index is 9.69. The first-order valence-electron chi connectivity index (χ1n) is 8.48. The molecule has 0 amide bonds. The Kier molecular flexibility index (Phi) is 7.45. The molecule has 1 heteroatoms. The van der Waals surface area contributed by atoms with Gasteiger partial charge in [-0.15, -0.1) is 0 Å². The van der Waals surface area contributed by atoms with Gasteiger partial charge < -0.3 is 5.11 Å². The molecule has 0 spiro atoms. The first-order chi connectivity index (χ1) is 9.89. The minimum Gasteiger partial charge on any atom is -0.392 e. The van der Waals surface area contributed by atoms with Gasteiger partial charge in [-0.2, -0.15) is 0 Å². The largest absolute Gasteiger partial charge is 0.392 e. The lowest BCUT2D eigenvalue weighted by molar-refractivity contribution is 0.237. The highest BCUT2D eigenvalue weighted by molar-refractivity contribution is 5.24. The van der Waals surface area contributed by atoms with Crippen LogP contribution in [0.3, 0.4) is 0 Å². The SMILES string of the molecule is CC(C)=CCC/C(C)=C/CCC1(C)CCCC(C)=C1CO. The quantitative estimate of drug-likeness (QED) is 0.574. The maximum Gasteiger partial charge on any atom is 0.0649 e. The van der Waals surface area contributed by atoms with Crippen LogP contribution in [0.5, 0.6) is 0 Å². The van der Waals surface area contributed by atoms with Gasteiger partial charge in [-0.05, 0) is 83.6 Å². The number of aliphatic hydroxyl groups is 1. The molecule has 1 aliphatic rings. The smallest absolute Gasteiger partial charge is 0.0649 e. The molecule has 21 heavy (non-hydrogen) atoms. The van der Waals surface area contributed by atoms with E-state index in [0.717, 1.165) is 12.8 Å². The summed E-state index contributed by atoms with van der Waals surface area (Å²) in [7, 11) is 0. The number of aliphatic hydroxyl groups excluding tert-OH is 1. The summed E-state index contributed by atoms with van der Waals surface area (Å²) in [5.41, 5.74) is 5.86. The van der Waals surface area contributed by atoms with Crippen molar-refractivity contribution in [2.45, 2.75) is 79.6 Å². The molecule has 1 atom stereocenters. The molecule has 0 aromatic rings. The number of hydrogen-bond acceptors (Lipinski definition) is 1. The molecule has 0 aromatic carbocycles. The van der Waals surface area contributed by atoms with Crippen molar-refractivity contribution in [3.63, 3.8) is 0 Å². The number of allylic oxidation sites excluding steroid dienone is 5. The molecule has 120 valence electrons. The molecular formula is C20H34O. The molecule has 0 saturated heterocycles. The minimum atomic E-state index is 0.216. The molecule has 0 radical (unpaired) electrons. The van der Waals surface area contributed by atoms with Gasteiger partial charge in [0.1, 0.15) is 0 Å². The first kappa shape index (κ1) is 18.2. The van der Waals surface area contributed by atoms with Crippen molar-refractivity contribution in [2.24, 2.45) is 5.41 Å². The van der Waals surface area contributed by atoms with E-state index in [1.807, 2.05) is 0 Å². The summed E-state index contributed by atoms with van der Waals surface area (Å²) >= 11 is 0. The van der Waals surface area contributed by atoms with Crippen molar-refractivity contribution in [3.8, 4) is 0 Å². The molecule has 0 bridgehead atoms. The van der Waals surface area contributed by atoms with Gasteiger partial charge in [-0.1, -0.05) is 35.8 Å². The van der Waals surface area contributed by atoms with Crippen LogP contribution in [0.1, 0.15) is 79.6 Å².